The summed E-state index contributed by atoms with van der Waals surface area (Å²) < 4.78 is 15.8. The Labute approximate surface area is 171 Å². The van der Waals surface area contributed by atoms with Crippen LogP contribution in [0.4, 0.5) is 5.69 Å². The lowest BCUT2D eigenvalue weighted by Gasteiger charge is -2.34. The zero-order chi connectivity index (χ0) is 20.6. The first-order chi connectivity index (χ1) is 14.1. The summed E-state index contributed by atoms with van der Waals surface area (Å²) in [7, 11) is 2.99. The van der Waals surface area contributed by atoms with Crippen LogP contribution < -0.4 is 14.4 Å². The summed E-state index contributed by atoms with van der Waals surface area (Å²) in [4.78, 5) is 27.4. The molecule has 6 heteroatoms. The van der Waals surface area contributed by atoms with Gasteiger partial charge in [0.2, 0.25) is 0 Å². The van der Waals surface area contributed by atoms with Crippen molar-refractivity contribution in [2.24, 2.45) is 0 Å². The minimum Gasteiger partial charge on any atom is -0.497 e. The molecule has 1 fully saturated rings. The van der Waals surface area contributed by atoms with Crippen molar-refractivity contribution in [3.8, 4) is 11.5 Å². The molecule has 0 heterocycles. The Hall–Kier alpha value is -3.02. The Bertz CT molecular complexity index is 830. The number of rotatable bonds is 7. The van der Waals surface area contributed by atoms with Gasteiger partial charge in [-0.2, -0.15) is 0 Å². The van der Waals surface area contributed by atoms with Crippen molar-refractivity contribution in [3.63, 3.8) is 0 Å². The van der Waals surface area contributed by atoms with Crippen LogP contribution in [-0.2, 0) is 9.53 Å². The number of amides is 1. The first-order valence-corrected chi connectivity index (χ1v) is 9.90. The molecule has 0 spiro atoms. The van der Waals surface area contributed by atoms with E-state index in [4.69, 9.17) is 14.2 Å². The molecule has 2 aromatic carbocycles. The van der Waals surface area contributed by atoms with E-state index in [1.807, 2.05) is 30.3 Å². The maximum atomic E-state index is 13.0. The topological polar surface area (TPSA) is 65.1 Å². The predicted molar refractivity (Wildman–Crippen MR) is 111 cm³/mol. The smallest absolute Gasteiger partial charge is 0.342 e. The number of ether oxygens (including phenoxy) is 3. The minimum atomic E-state index is -0.620. The van der Waals surface area contributed by atoms with Crippen molar-refractivity contribution < 1.29 is 23.8 Å². The van der Waals surface area contributed by atoms with Gasteiger partial charge in [-0.25, -0.2) is 4.79 Å². The van der Waals surface area contributed by atoms with Gasteiger partial charge in [0.1, 0.15) is 17.1 Å². The normalized spacial score (nSPS) is 14.1. The molecule has 1 aliphatic carbocycles. The van der Waals surface area contributed by atoms with Crippen LogP contribution in [0.2, 0.25) is 0 Å². The number of anilines is 1. The van der Waals surface area contributed by atoms with E-state index in [1.54, 1.807) is 23.1 Å². The molecular formula is C23H27NO5. The first-order valence-electron chi connectivity index (χ1n) is 9.90. The number of hydrogen-bond acceptors (Lipinski definition) is 5. The number of methoxy groups -OCH3 is 2. The molecule has 6 nitrogen and oxygen atoms in total. The van der Waals surface area contributed by atoms with Crippen LogP contribution in [0, 0.1) is 0 Å². The molecule has 1 amide bonds. The molecule has 0 atom stereocenters. The van der Waals surface area contributed by atoms with Crippen LogP contribution in [-0.4, -0.2) is 38.7 Å². The number of esters is 1. The highest BCUT2D eigenvalue weighted by Crippen LogP contribution is 2.28. The van der Waals surface area contributed by atoms with E-state index in [0.29, 0.717) is 11.5 Å². The first kappa shape index (κ1) is 20.7. The Balaban J connectivity index is 1.74. The van der Waals surface area contributed by atoms with E-state index in [9.17, 15) is 9.59 Å². The van der Waals surface area contributed by atoms with Crippen molar-refractivity contribution in [1.29, 1.82) is 0 Å². The number of hydrogen-bond donors (Lipinski definition) is 0. The molecule has 0 aliphatic heterocycles. The predicted octanol–water partition coefficient (Wildman–Crippen LogP) is 4.23. The van der Waals surface area contributed by atoms with Gasteiger partial charge in [0.15, 0.2) is 6.61 Å². The highest BCUT2D eigenvalue weighted by molar-refractivity contribution is 5.98. The monoisotopic (exact) mass is 397 g/mol. The number of carbonyl (C=O) groups excluding carboxylic acids is 2. The molecule has 0 bridgehead atoms. The van der Waals surface area contributed by atoms with Crippen LogP contribution in [0.5, 0.6) is 11.5 Å². The summed E-state index contributed by atoms with van der Waals surface area (Å²) in [5.74, 6) is 0.0386. The second-order valence-corrected chi connectivity index (χ2v) is 7.03. The van der Waals surface area contributed by atoms with Gasteiger partial charge < -0.3 is 19.1 Å². The second kappa shape index (κ2) is 9.96. The summed E-state index contributed by atoms with van der Waals surface area (Å²) in [5, 5.41) is 0. The molecular weight excluding hydrogens is 370 g/mol. The highest BCUT2D eigenvalue weighted by atomic mass is 16.5. The summed E-state index contributed by atoms with van der Waals surface area (Å²) in [6, 6.07) is 14.6. The van der Waals surface area contributed by atoms with Crippen LogP contribution in [0.3, 0.4) is 0 Å². The molecule has 0 saturated heterocycles. The van der Waals surface area contributed by atoms with E-state index in [-0.39, 0.29) is 24.1 Å². The molecule has 2 aromatic rings. The van der Waals surface area contributed by atoms with Crippen LogP contribution in [0.1, 0.15) is 42.5 Å². The summed E-state index contributed by atoms with van der Waals surface area (Å²) in [6.45, 7) is -0.329. The molecule has 3 rings (SSSR count). The number of benzene rings is 2. The van der Waals surface area contributed by atoms with Crippen molar-refractivity contribution in [3.05, 3.63) is 54.1 Å². The maximum absolute atomic E-state index is 13.0. The molecule has 0 radical (unpaired) electrons. The van der Waals surface area contributed by atoms with Crippen molar-refractivity contribution >= 4 is 17.6 Å². The standard InChI is InChI=1S/C23H27NO5/c1-27-19-13-14-21(28-2)20(15-19)23(26)29-16-22(25)24(17-9-5-3-6-10-17)18-11-7-4-8-12-18/h3,5-6,9-10,13-15,18H,4,7-8,11-12,16H2,1-2H3. The van der Waals surface area contributed by atoms with Gasteiger partial charge in [0.25, 0.3) is 5.91 Å². The van der Waals surface area contributed by atoms with Crippen LogP contribution in [0.15, 0.2) is 48.5 Å². The Kier molecular flexibility index (Phi) is 7.11. The number of para-hydroxylation sites is 1. The fourth-order valence-corrected chi connectivity index (χ4v) is 3.73. The van der Waals surface area contributed by atoms with Crippen molar-refractivity contribution in [2.75, 3.05) is 25.7 Å². The second-order valence-electron chi connectivity index (χ2n) is 7.03. The molecule has 154 valence electrons. The Morgan fingerprint density at radius 2 is 1.69 bits per heavy atom. The van der Waals surface area contributed by atoms with E-state index >= 15 is 0 Å². The molecule has 0 unspecified atom stereocenters. The zero-order valence-electron chi connectivity index (χ0n) is 16.9. The van der Waals surface area contributed by atoms with Gasteiger partial charge >= 0.3 is 5.97 Å². The third kappa shape index (κ3) is 5.08. The third-order valence-electron chi connectivity index (χ3n) is 5.20. The van der Waals surface area contributed by atoms with Gasteiger partial charge in [0, 0.05) is 11.7 Å². The fraction of sp³-hybridized carbons (Fsp3) is 0.391. The Morgan fingerprint density at radius 3 is 2.34 bits per heavy atom. The van der Waals surface area contributed by atoms with Crippen LogP contribution in [0.25, 0.3) is 0 Å². The van der Waals surface area contributed by atoms with Gasteiger partial charge in [-0.05, 0) is 43.2 Å². The Morgan fingerprint density at radius 1 is 0.966 bits per heavy atom. The number of carbonyl (C=O) groups is 2. The summed E-state index contributed by atoms with van der Waals surface area (Å²) in [5.41, 5.74) is 1.06. The lowest BCUT2D eigenvalue weighted by molar-refractivity contribution is -0.122. The van der Waals surface area contributed by atoms with Gasteiger partial charge in [0.05, 0.1) is 14.2 Å². The van der Waals surface area contributed by atoms with Crippen LogP contribution >= 0.6 is 0 Å². The van der Waals surface area contributed by atoms with E-state index in [2.05, 4.69) is 0 Å². The molecule has 1 saturated carbocycles. The largest absolute Gasteiger partial charge is 0.497 e. The zero-order valence-corrected chi connectivity index (χ0v) is 16.9. The van der Waals surface area contributed by atoms with E-state index in [0.717, 1.165) is 31.4 Å². The molecule has 0 aromatic heterocycles. The highest BCUT2D eigenvalue weighted by Gasteiger charge is 2.28. The lowest BCUT2D eigenvalue weighted by atomic mass is 9.93. The van der Waals surface area contributed by atoms with Crippen molar-refractivity contribution in [2.45, 2.75) is 38.1 Å². The quantitative estimate of drug-likeness (QED) is 0.654. The fourth-order valence-electron chi connectivity index (χ4n) is 3.73. The van der Waals surface area contributed by atoms with Gasteiger partial charge in [-0.15, -0.1) is 0 Å². The van der Waals surface area contributed by atoms with Gasteiger partial charge in [-0.3, -0.25) is 4.79 Å². The number of nitrogens with zero attached hydrogens (tertiary/aromatic N) is 1. The SMILES string of the molecule is COc1ccc(OC)c(C(=O)OCC(=O)N(c2ccccc2)C2CCCCC2)c1. The average molecular weight is 397 g/mol. The van der Waals surface area contributed by atoms with E-state index in [1.165, 1.54) is 20.6 Å². The van der Waals surface area contributed by atoms with E-state index < -0.39 is 5.97 Å². The third-order valence-corrected chi connectivity index (χ3v) is 5.20. The maximum Gasteiger partial charge on any atom is 0.342 e. The van der Waals surface area contributed by atoms with Crippen molar-refractivity contribution in [1.82, 2.24) is 0 Å². The van der Waals surface area contributed by atoms with Gasteiger partial charge in [-0.1, -0.05) is 37.5 Å². The molecule has 0 N–H and O–H groups in total. The molecule has 1 aliphatic rings. The molecule has 29 heavy (non-hydrogen) atoms. The minimum absolute atomic E-state index is 0.128. The average Bonchev–Trinajstić information content (AvgIpc) is 2.78. The summed E-state index contributed by atoms with van der Waals surface area (Å²) in [6.07, 6.45) is 5.30. The lowest BCUT2D eigenvalue weighted by Crippen LogP contribution is -2.43. The summed E-state index contributed by atoms with van der Waals surface area (Å²) >= 11 is 0.